The Bertz CT molecular complexity index is 238. The molecule has 0 aromatic heterocycles. The van der Waals surface area contributed by atoms with Crippen molar-refractivity contribution in [3.8, 4) is 0 Å². The number of likely N-dealkylation sites (tertiary alicyclic amines) is 2. The molecule has 2 atom stereocenters. The van der Waals surface area contributed by atoms with E-state index in [0.29, 0.717) is 0 Å². The first-order chi connectivity index (χ1) is 8.40. The molecule has 0 amide bonds. The Kier molecular flexibility index (Phi) is 3.99. The van der Waals surface area contributed by atoms with Crippen molar-refractivity contribution in [3.63, 3.8) is 0 Å². The van der Waals surface area contributed by atoms with E-state index in [-0.39, 0.29) is 0 Å². The molecule has 3 saturated heterocycles. The second-order valence-corrected chi connectivity index (χ2v) is 6.13. The lowest BCUT2D eigenvalue weighted by atomic mass is 10.1. The van der Waals surface area contributed by atoms with Gasteiger partial charge >= 0.3 is 0 Å². The smallest absolute Gasteiger partial charge is 0.0198 e. The van der Waals surface area contributed by atoms with Crippen LogP contribution in [-0.4, -0.2) is 61.2 Å². The third-order valence-corrected chi connectivity index (χ3v) is 4.75. The minimum Gasteiger partial charge on any atom is -0.310 e. The van der Waals surface area contributed by atoms with Crippen LogP contribution in [0.5, 0.6) is 0 Å². The molecule has 3 fully saturated rings. The minimum absolute atomic E-state index is 0.800. The van der Waals surface area contributed by atoms with E-state index in [0.717, 1.165) is 12.1 Å². The van der Waals surface area contributed by atoms with Crippen molar-refractivity contribution in [2.45, 2.75) is 50.6 Å². The third kappa shape index (κ3) is 3.21. The zero-order valence-corrected chi connectivity index (χ0v) is 11.0. The Morgan fingerprint density at radius 1 is 0.824 bits per heavy atom. The summed E-state index contributed by atoms with van der Waals surface area (Å²) in [5, 5.41) is 3.76. The Morgan fingerprint density at radius 3 is 2.47 bits per heavy atom. The van der Waals surface area contributed by atoms with Crippen molar-refractivity contribution in [1.29, 1.82) is 0 Å². The Hall–Kier alpha value is -0.120. The molecule has 3 heteroatoms. The maximum absolute atomic E-state index is 3.76. The first-order valence-electron chi connectivity index (χ1n) is 7.61. The van der Waals surface area contributed by atoms with Crippen molar-refractivity contribution in [2.24, 2.45) is 0 Å². The van der Waals surface area contributed by atoms with Gasteiger partial charge in [0, 0.05) is 18.6 Å². The molecule has 0 aliphatic carbocycles. The highest BCUT2D eigenvalue weighted by atomic mass is 15.2. The van der Waals surface area contributed by atoms with Crippen molar-refractivity contribution in [2.75, 3.05) is 39.3 Å². The number of hydrogen-bond donors (Lipinski definition) is 1. The van der Waals surface area contributed by atoms with E-state index in [1.54, 1.807) is 0 Å². The predicted octanol–water partition coefficient (Wildman–Crippen LogP) is 1.30. The fourth-order valence-corrected chi connectivity index (χ4v) is 3.74. The largest absolute Gasteiger partial charge is 0.310 e. The van der Waals surface area contributed by atoms with Crippen molar-refractivity contribution in [1.82, 2.24) is 15.1 Å². The topological polar surface area (TPSA) is 18.5 Å². The summed E-state index contributed by atoms with van der Waals surface area (Å²) in [5.41, 5.74) is 0. The second kappa shape index (κ2) is 5.68. The van der Waals surface area contributed by atoms with Gasteiger partial charge in [-0.15, -0.1) is 0 Å². The third-order valence-electron chi connectivity index (χ3n) is 4.75. The Balaban J connectivity index is 1.36. The van der Waals surface area contributed by atoms with Gasteiger partial charge in [-0.05, 0) is 71.2 Å². The van der Waals surface area contributed by atoms with Gasteiger partial charge in [-0.25, -0.2) is 0 Å². The number of fused-ring (bicyclic) bond motifs is 2. The van der Waals surface area contributed by atoms with E-state index in [2.05, 4.69) is 15.1 Å². The summed E-state index contributed by atoms with van der Waals surface area (Å²) in [7, 11) is 0. The maximum atomic E-state index is 3.76. The molecule has 2 bridgehead atoms. The Morgan fingerprint density at radius 2 is 1.59 bits per heavy atom. The van der Waals surface area contributed by atoms with E-state index in [4.69, 9.17) is 0 Å². The van der Waals surface area contributed by atoms with Crippen LogP contribution in [0.1, 0.15) is 38.5 Å². The average molecular weight is 237 g/mol. The first kappa shape index (κ1) is 11.9. The number of nitrogens with one attached hydrogen (secondary N) is 1. The molecule has 3 nitrogen and oxygen atoms in total. The molecule has 0 aromatic carbocycles. The zero-order chi connectivity index (χ0) is 11.5. The van der Waals surface area contributed by atoms with Crippen LogP contribution in [0.25, 0.3) is 0 Å². The minimum atomic E-state index is 0.800. The molecule has 17 heavy (non-hydrogen) atoms. The van der Waals surface area contributed by atoms with Gasteiger partial charge in [-0.2, -0.15) is 0 Å². The zero-order valence-electron chi connectivity index (χ0n) is 11.0. The number of rotatable bonds is 4. The molecule has 98 valence electrons. The molecule has 3 heterocycles. The molecular formula is C14H27N3. The van der Waals surface area contributed by atoms with Crippen LogP contribution in [0.2, 0.25) is 0 Å². The van der Waals surface area contributed by atoms with Crippen molar-refractivity contribution >= 4 is 0 Å². The lowest BCUT2D eigenvalue weighted by Crippen LogP contribution is -2.36. The van der Waals surface area contributed by atoms with Gasteiger partial charge in [0.15, 0.2) is 0 Å². The maximum Gasteiger partial charge on any atom is 0.0198 e. The molecule has 0 aromatic rings. The summed E-state index contributed by atoms with van der Waals surface area (Å²) in [5.74, 6) is 0. The SMILES string of the molecule is C1CCN(CCCN2CCC3CCC(C2)N3)C1. The van der Waals surface area contributed by atoms with E-state index >= 15 is 0 Å². The van der Waals surface area contributed by atoms with Gasteiger partial charge in [0.25, 0.3) is 0 Å². The first-order valence-corrected chi connectivity index (χ1v) is 7.61. The number of hydrogen-bond acceptors (Lipinski definition) is 3. The molecule has 0 spiro atoms. The highest BCUT2D eigenvalue weighted by Gasteiger charge is 2.28. The quantitative estimate of drug-likeness (QED) is 0.795. The van der Waals surface area contributed by atoms with Crippen LogP contribution in [0, 0.1) is 0 Å². The fraction of sp³-hybridized carbons (Fsp3) is 1.00. The van der Waals surface area contributed by atoms with E-state index in [9.17, 15) is 0 Å². The summed E-state index contributed by atoms with van der Waals surface area (Å²) < 4.78 is 0. The second-order valence-electron chi connectivity index (χ2n) is 6.13. The van der Waals surface area contributed by atoms with Crippen LogP contribution in [0.4, 0.5) is 0 Å². The summed E-state index contributed by atoms with van der Waals surface area (Å²) in [6, 6.07) is 1.64. The molecule has 0 saturated carbocycles. The van der Waals surface area contributed by atoms with E-state index in [1.165, 1.54) is 77.8 Å². The monoisotopic (exact) mass is 237 g/mol. The van der Waals surface area contributed by atoms with Crippen LogP contribution in [-0.2, 0) is 0 Å². The highest BCUT2D eigenvalue weighted by Crippen LogP contribution is 2.20. The van der Waals surface area contributed by atoms with Gasteiger partial charge in [0.05, 0.1) is 0 Å². The van der Waals surface area contributed by atoms with E-state index < -0.39 is 0 Å². The summed E-state index contributed by atoms with van der Waals surface area (Å²) >= 11 is 0. The van der Waals surface area contributed by atoms with Gasteiger partial charge < -0.3 is 15.1 Å². The van der Waals surface area contributed by atoms with Gasteiger partial charge in [0.2, 0.25) is 0 Å². The van der Waals surface area contributed by atoms with Gasteiger partial charge in [-0.1, -0.05) is 0 Å². The summed E-state index contributed by atoms with van der Waals surface area (Å²) in [4.78, 5) is 5.34. The molecule has 2 unspecified atom stereocenters. The summed E-state index contributed by atoms with van der Waals surface area (Å²) in [6.45, 7) is 7.99. The lowest BCUT2D eigenvalue weighted by molar-refractivity contribution is 0.235. The standard InChI is InChI=1S/C14H27N3/c1-2-8-16(7-1)9-3-10-17-11-6-13-4-5-14(12-17)15-13/h13-15H,1-12H2. The molecular weight excluding hydrogens is 210 g/mol. The van der Waals surface area contributed by atoms with Crippen LogP contribution in [0.15, 0.2) is 0 Å². The molecule has 1 N–H and O–H groups in total. The molecule has 0 radical (unpaired) electrons. The fourth-order valence-electron chi connectivity index (χ4n) is 3.74. The molecule has 3 rings (SSSR count). The molecule has 3 aliphatic rings. The van der Waals surface area contributed by atoms with Gasteiger partial charge in [0.1, 0.15) is 0 Å². The van der Waals surface area contributed by atoms with Gasteiger partial charge in [-0.3, -0.25) is 0 Å². The predicted molar refractivity (Wildman–Crippen MR) is 71.3 cm³/mol. The highest BCUT2D eigenvalue weighted by molar-refractivity contribution is 4.89. The van der Waals surface area contributed by atoms with E-state index in [1.807, 2.05) is 0 Å². The van der Waals surface area contributed by atoms with Crippen molar-refractivity contribution < 1.29 is 0 Å². The van der Waals surface area contributed by atoms with Crippen LogP contribution >= 0.6 is 0 Å². The molecule has 3 aliphatic heterocycles. The Labute approximate surface area is 106 Å². The lowest BCUT2D eigenvalue weighted by Gasteiger charge is -2.25. The normalized spacial score (nSPS) is 35.3. The average Bonchev–Trinajstić information content (AvgIpc) is 2.91. The van der Waals surface area contributed by atoms with Crippen LogP contribution in [0.3, 0.4) is 0 Å². The number of nitrogens with zero attached hydrogens (tertiary/aromatic N) is 2. The van der Waals surface area contributed by atoms with Crippen LogP contribution < -0.4 is 5.32 Å². The van der Waals surface area contributed by atoms with Crippen molar-refractivity contribution in [3.05, 3.63) is 0 Å². The summed E-state index contributed by atoms with van der Waals surface area (Å²) in [6.07, 6.45) is 8.44.